The van der Waals surface area contributed by atoms with Gasteiger partial charge in [0, 0.05) is 11.4 Å². The van der Waals surface area contributed by atoms with Crippen molar-refractivity contribution in [2.45, 2.75) is 26.8 Å². The fourth-order valence-electron chi connectivity index (χ4n) is 2.01. The average molecular weight is 348 g/mol. The summed E-state index contributed by atoms with van der Waals surface area (Å²) < 4.78 is 4.82. The molecule has 0 unspecified atom stereocenters. The fraction of sp³-hybridized carbons (Fsp3) is 0.294. The highest BCUT2D eigenvalue weighted by atomic mass is 32.1. The minimum absolute atomic E-state index is 0.357. The van der Waals surface area contributed by atoms with E-state index in [2.05, 4.69) is 41.8 Å². The Morgan fingerprint density at radius 3 is 2.61 bits per heavy atom. The number of aryl methyl sites for hydroxylation is 2. The second kappa shape index (κ2) is 8.08. The molecule has 1 aromatic carbocycles. The van der Waals surface area contributed by atoms with Crippen LogP contribution in [0.1, 0.15) is 33.3 Å². The van der Waals surface area contributed by atoms with Crippen LogP contribution in [0.2, 0.25) is 0 Å². The topological polar surface area (TPSA) is 50.4 Å². The van der Waals surface area contributed by atoms with Crippen LogP contribution in [0.25, 0.3) is 0 Å². The minimum atomic E-state index is -0.357. The number of nitrogens with one attached hydrogen (secondary N) is 2. The molecule has 2 rings (SSSR count). The van der Waals surface area contributed by atoms with Gasteiger partial charge in [-0.15, -0.1) is 11.3 Å². The molecule has 1 aromatic heterocycles. The Hall–Kier alpha value is -1.92. The number of benzene rings is 1. The lowest BCUT2D eigenvalue weighted by atomic mass is 10.1. The van der Waals surface area contributed by atoms with Gasteiger partial charge < -0.3 is 15.4 Å². The fourth-order valence-corrected chi connectivity index (χ4v) is 3.23. The third-order valence-corrected chi connectivity index (χ3v) is 4.78. The van der Waals surface area contributed by atoms with Crippen LogP contribution in [-0.4, -0.2) is 18.2 Å². The van der Waals surface area contributed by atoms with Crippen molar-refractivity contribution in [1.29, 1.82) is 0 Å². The van der Waals surface area contributed by atoms with Gasteiger partial charge in [-0.25, -0.2) is 4.79 Å². The molecule has 0 bridgehead atoms. The van der Waals surface area contributed by atoms with E-state index in [1.807, 2.05) is 13.0 Å². The number of thiocarbonyl (C=S) groups is 1. The van der Waals surface area contributed by atoms with Crippen LogP contribution < -0.4 is 10.6 Å². The number of ether oxygens (including phenoxy) is 1. The van der Waals surface area contributed by atoms with E-state index in [0.29, 0.717) is 17.2 Å². The number of rotatable bonds is 5. The number of anilines is 1. The molecule has 6 heteroatoms. The Bertz CT molecular complexity index is 693. The maximum absolute atomic E-state index is 11.8. The summed E-state index contributed by atoms with van der Waals surface area (Å²) in [5.74, 6) is -0.357. The molecule has 0 fully saturated rings. The summed E-state index contributed by atoms with van der Waals surface area (Å²) in [6.45, 7) is 4.73. The van der Waals surface area contributed by atoms with E-state index in [-0.39, 0.29) is 5.97 Å². The van der Waals surface area contributed by atoms with Gasteiger partial charge in [-0.05, 0) is 37.2 Å². The lowest BCUT2D eigenvalue weighted by molar-refractivity contribution is 0.0602. The van der Waals surface area contributed by atoms with Gasteiger partial charge in [-0.1, -0.05) is 36.8 Å². The van der Waals surface area contributed by atoms with Crippen LogP contribution in [-0.2, 0) is 17.7 Å². The van der Waals surface area contributed by atoms with Crippen LogP contribution >= 0.6 is 23.6 Å². The van der Waals surface area contributed by atoms with Crippen LogP contribution in [0, 0.1) is 6.92 Å². The first-order valence-electron chi connectivity index (χ1n) is 7.35. The third-order valence-electron chi connectivity index (χ3n) is 3.34. The van der Waals surface area contributed by atoms with Crippen molar-refractivity contribution in [3.63, 3.8) is 0 Å². The zero-order valence-corrected chi connectivity index (χ0v) is 15.1. The van der Waals surface area contributed by atoms with Gasteiger partial charge in [0.15, 0.2) is 5.11 Å². The molecule has 122 valence electrons. The first kappa shape index (κ1) is 17.4. The van der Waals surface area contributed by atoms with E-state index in [0.717, 1.165) is 21.9 Å². The van der Waals surface area contributed by atoms with Gasteiger partial charge in [0.1, 0.15) is 5.00 Å². The Labute approximate surface area is 145 Å². The lowest BCUT2D eigenvalue weighted by Crippen LogP contribution is -2.28. The molecule has 4 nitrogen and oxygen atoms in total. The van der Waals surface area contributed by atoms with Crippen LogP contribution in [0.3, 0.4) is 0 Å². The monoisotopic (exact) mass is 348 g/mol. The number of carbonyl (C=O) groups is 1. The van der Waals surface area contributed by atoms with E-state index in [1.165, 1.54) is 24.0 Å². The molecule has 0 saturated carbocycles. The minimum Gasteiger partial charge on any atom is -0.465 e. The standard InChI is InChI=1S/C17H20N2O2S2/c1-4-13-9-14(16(20)21-3)15(23-13)19-17(22)18-10-12-7-5-11(2)6-8-12/h5-9H,4,10H2,1-3H3,(H2,18,19,22). The van der Waals surface area contributed by atoms with Crippen LogP contribution in [0.5, 0.6) is 0 Å². The molecule has 23 heavy (non-hydrogen) atoms. The molecule has 0 spiro atoms. The second-order valence-electron chi connectivity index (χ2n) is 5.09. The molecule has 0 aliphatic heterocycles. The number of hydrogen-bond acceptors (Lipinski definition) is 4. The number of hydrogen-bond donors (Lipinski definition) is 2. The lowest BCUT2D eigenvalue weighted by Gasteiger charge is -2.10. The van der Waals surface area contributed by atoms with E-state index >= 15 is 0 Å². The summed E-state index contributed by atoms with van der Waals surface area (Å²) in [5.41, 5.74) is 2.89. The van der Waals surface area contributed by atoms with Gasteiger partial charge in [-0.2, -0.15) is 0 Å². The molecule has 0 amide bonds. The average Bonchev–Trinajstić information content (AvgIpc) is 2.96. The Morgan fingerprint density at radius 2 is 2.00 bits per heavy atom. The molecule has 0 aliphatic rings. The molecular weight excluding hydrogens is 328 g/mol. The van der Waals surface area contributed by atoms with Crippen molar-refractivity contribution in [2.24, 2.45) is 0 Å². The van der Waals surface area contributed by atoms with Gasteiger partial charge >= 0.3 is 5.97 Å². The maximum atomic E-state index is 11.8. The second-order valence-corrected chi connectivity index (χ2v) is 6.64. The Balaban J connectivity index is 2.00. The van der Waals surface area contributed by atoms with E-state index < -0.39 is 0 Å². The summed E-state index contributed by atoms with van der Waals surface area (Å²) in [6, 6.07) is 10.1. The Kier molecular flexibility index (Phi) is 6.12. The molecule has 2 aromatic rings. The van der Waals surface area contributed by atoms with Crippen molar-refractivity contribution < 1.29 is 9.53 Å². The first-order chi connectivity index (χ1) is 11.0. The predicted octanol–water partition coefficient (Wildman–Crippen LogP) is 3.89. The summed E-state index contributed by atoms with van der Waals surface area (Å²) in [5, 5.41) is 7.46. The van der Waals surface area contributed by atoms with Crippen molar-refractivity contribution >= 4 is 39.6 Å². The highest BCUT2D eigenvalue weighted by molar-refractivity contribution is 7.80. The van der Waals surface area contributed by atoms with Crippen molar-refractivity contribution in [3.8, 4) is 0 Å². The summed E-state index contributed by atoms with van der Waals surface area (Å²) in [6.07, 6.45) is 0.861. The van der Waals surface area contributed by atoms with Gasteiger partial charge in [0.05, 0.1) is 12.7 Å². The van der Waals surface area contributed by atoms with Gasteiger partial charge in [0.2, 0.25) is 0 Å². The first-order valence-corrected chi connectivity index (χ1v) is 8.57. The van der Waals surface area contributed by atoms with Gasteiger partial charge in [-0.3, -0.25) is 0 Å². The van der Waals surface area contributed by atoms with E-state index in [9.17, 15) is 4.79 Å². The van der Waals surface area contributed by atoms with Crippen molar-refractivity contribution in [1.82, 2.24) is 5.32 Å². The highest BCUT2D eigenvalue weighted by Crippen LogP contribution is 2.29. The summed E-state index contributed by atoms with van der Waals surface area (Å²) in [4.78, 5) is 12.9. The molecule has 0 aliphatic carbocycles. The largest absolute Gasteiger partial charge is 0.465 e. The van der Waals surface area contributed by atoms with E-state index in [1.54, 1.807) is 0 Å². The maximum Gasteiger partial charge on any atom is 0.340 e. The Morgan fingerprint density at radius 1 is 1.30 bits per heavy atom. The predicted molar refractivity (Wildman–Crippen MR) is 99.3 cm³/mol. The normalized spacial score (nSPS) is 10.2. The number of carbonyl (C=O) groups excluding carboxylic acids is 1. The smallest absolute Gasteiger partial charge is 0.340 e. The number of thiophene rings is 1. The SMILES string of the molecule is CCc1cc(C(=O)OC)c(NC(=S)NCc2ccc(C)cc2)s1. The van der Waals surface area contributed by atoms with Crippen molar-refractivity contribution in [2.75, 3.05) is 12.4 Å². The quantitative estimate of drug-likeness (QED) is 0.634. The third kappa shape index (κ3) is 4.77. The van der Waals surface area contributed by atoms with E-state index in [4.69, 9.17) is 17.0 Å². The van der Waals surface area contributed by atoms with Gasteiger partial charge in [0.25, 0.3) is 0 Å². The molecule has 0 atom stereocenters. The molecule has 1 heterocycles. The molecule has 0 radical (unpaired) electrons. The van der Waals surface area contributed by atoms with Crippen LogP contribution in [0.15, 0.2) is 30.3 Å². The summed E-state index contributed by atoms with van der Waals surface area (Å²) in [7, 11) is 1.38. The molecule has 0 saturated heterocycles. The molecule has 2 N–H and O–H groups in total. The molecular formula is C17H20N2O2S2. The van der Waals surface area contributed by atoms with Crippen LogP contribution in [0.4, 0.5) is 5.00 Å². The number of methoxy groups -OCH3 is 1. The zero-order valence-electron chi connectivity index (χ0n) is 13.4. The van der Waals surface area contributed by atoms with Crippen molar-refractivity contribution in [3.05, 3.63) is 51.9 Å². The zero-order chi connectivity index (χ0) is 16.8. The number of esters is 1. The highest BCUT2D eigenvalue weighted by Gasteiger charge is 2.16. The summed E-state index contributed by atoms with van der Waals surface area (Å²) >= 11 is 6.84.